The predicted octanol–water partition coefficient (Wildman–Crippen LogP) is 3.21. The zero-order chi connectivity index (χ0) is 22.3. The lowest BCUT2D eigenvalue weighted by molar-refractivity contribution is -0.125. The summed E-state index contributed by atoms with van der Waals surface area (Å²) in [6.07, 6.45) is -0.399. The average molecular weight is 412 g/mol. The topological polar surface area (TPSA) is 111 Å². The molecule has 0 aliphatic carbocycles. The van der Waals surface area contributed by atoms with Crippen molar-refractivity contribution in [2.24, 2.45) is 0 Å². The maximum Gasteiger partial charge on any atom is 0.231 e. The molecule has 30 heavy (non-hydrogen) atoms. The molecule has 8 heteroatoms. The molecule has 0 heterocycles. The van der Waals surface area contributed by atoms with E-state index in [1.54, 1.807) is 36.4 Å². The molecule has 0 saturated heterocycles. The maximum atomic E-state index is 11.8. The molecular formula is C22H24N2O6. The highest BCUT2D eigenvalue weighted by molar-refractivity contribution is 6.04. The highest BCUT2D eigenvalue weighted by Crippen LogP contribution is 2.39. The van der Waals surface area contributed by atoms with Gasteiger partial charge in [-0.05, 0) is 38.1 Å². The van der Waals surface area contributed by atoms with Crippen LogP contribution in [0.15, 0.2) is 36.4 Å². The van der Waals surface area contributed by atoms with Gasteiger partial charge in [0.1, 0.15) is 23.1 Å². The minimum absolute atomic E-state index is 0.200. The Balaban J connectivity index is 2.31. The van der Waals surface area contributed by atoms with Crippen molar-refractivity contribution in [2.45, 2.75) is 26.7 Å². The number of ketones is 2. The first-order chi connectivity index (χ1) is 14.2. The maximum absolute atomic E-state index is 11.8. The highest BCUT2D eigenvalue weighted by Gasteiger charge is 2.15. The van der Waals surface area contributed by atoms with E-state index in [0.717, 1.165) is 0 Å². The first kappa shape index (κ1) is 22.6. The Kier molecular flexibility index (Phi) is 7.69. The second kappa shape index (κ2) is 10.2. The van der Waals surface area contributed by atoms with Gasteiger partial charge in [-0.25, -0.2) is 0 Å². The van der Waals surface area contributed by atoms with E-state index in [9.17, 15) is 19.2 Å². The van der Waals surface area contributed by atoms with E-state index in [2.05, 4.69) is 10.6 Å². The number of carbonyl (C=O) groups excluding carboxylic acids is 4. The lowest BCUT2D eigenvalue weighted by Crippen LogP contribution is -2.15. The smallest absolute Gasteiger partial charge is 0.231 e. The van der Waals surface area contributed by atoms with E-state index in [1.165, 1.54) is 28.1 Å². The Morgan fingerprint density at radius 2 is 1.07 bits per heavy atom. The van der Waals surface area contributed by atoms with Crippen LogP contribution in [0.2, 0.25) is 0 Å². The molecular weight excluding hydrogens is 388 g/mol. The van der Waals surface area contributed by atoms with Crippen molar-refractivity contribution in [1.29, 1.82) is 0 Å². The van der Waals surface area contributed by atoms with Crippen LogP contribution in [-0.4, -0.2) is 37.6 Å². The molecule has 0 aliphatic heterocycles. The van der Waals surface area contributed by atoms with Crippen LogP contribution in [0, 0.1) is 0 Å². The molecule has 0 fully saturated rings. The van der Waals surface area contributed by atoms with E-state index in [4.69, 9.17) is 9.47 Å². The fourth-order valence-corrected chi connectivity index (χ4v) is 2.85. The second-order valence-corrected chi connectivity index (χ2v) is 6.68. The van der Waals surface area contributed by atoms with Gasteiger partial charge in [-0.2, -0.15) is 0 Å². The quantitative estimate of drug-likeness (QED) is 0.612. The molecule has 2 rings (SSSR count). The van der Waals surface area contributed by atoms with Gasteiger partial charge < -0.3 is 20.1 Å². The SMILES string of the molecule is COc1cc(NC(=O)CC(C)=O)ccc1-c1ccc(NC(=O)CC(C)=O)cc1OC. The number of Topliss-reactive ketones (excluding diaryl/α,β-unsaturated/α-hetero) is 2. The zero-order valence-corrected chi connectivity index (χ0v) is 17.3. The number of rotatable bonds is 9. The van der Waals surface area contributed by atoms with Crippen molar-refractivity contribution in [1.82, 2.24) is 0 Å². The van der Waals surface area contributed by atoms with Crippen LogP contribution in [0.1, 0.15) is 26.7 Å². The fraction of sp³-hybridized carbons (Fsp3) is 0.273. The molecule has 0 atom stereocenters. The third kappa shape index (κ3) is 6.16. The summed E-state index contributed by atoms with van der Waals surface area (Å²) in [6.45, 7) is 2.70. The lowest BCUT2D eigenvalue weighted by atomic mass is 10.0. The summed E-state index contributed by atoms with van der Waals surface area (Å²) in [5, 5.41) is 5.31. The molecule has 2 aromatic rings. The van der Waals surface area contributed by atoms with Crippen molar-refractivity contribution >= 4 is 34.8 Å². The van der Waals surface area contributed by atoms with E-state index in [0.29, 0.717) is 34.0 Å². The Morgan fingerprint density at radius 3 is 1.37 bits per heavy atom. The molecule has 0 spiro atoms. The Hall–Kier alpha value is -3.68. The summed E-state index contributed by atoms with van der Waals surface area (Å²) in [4.78, 5) is 45.8. The minimum atomic E-state index is -0.402. The number of carbonyl (C=O) groups is 4. The Bertz CT molecular complexity index is 904. The van der Waals surface area contributed by atoms with Gasteiger partial charge in [0.2, 0.25) is 11.8 Å². The zero-order valence-electron chi connectivity index (χ0n) is 17.3. The minimum Gasteiger partial charge on any atom is -0.496 e. The third-order valence-electron chi connectivity index (χ3n) is 4.08. The first-order valence-corrected chi connectivity index (χ1v) is 9.18. The van der Waals surface area contributed by atoms with Crippen LogP contribution in [0.25, 0.3) is 11.1 Å². The molecule has 0 radical (unpaired) electrons. The van der Waals surface area contributed by atoms with Crippen molar-refractivity contribution in [3.8, 4) is 22.6 Å². The van der Waals surface area contributed by atoms with Crippen LogP contribution < -0.4 is 20.1 Å². The molecule has 0 aliphatic rings. The Labute approximate surface area is 174 Å². The van der Waals surface area contributed by atoms with E-state index in [1.807, 2.05) is 0 Å². The molecule has 2 amide bonds. The van der Waals surface area contributed by atoms with Crippen molar-refractivity contribution < 1.29 is 28.7 Å². The van der Waals surface area contributed by atoms with Gasteiger partial charge in [0.25, 0.3) is 0 Å². The predicted molar refractivity (Wildman–Crippen MR) is 113 cm³/mol. The van der Waals surface area contributed by atoms with Gasteiger partial charge in [0.05, 0.1) is 27.1 Å². The molecule has 0 saturated carbocycles. The lowest BCUT2D eigenvalue weighted by Gasteiger charge is -2.15. The van der Waals surface area contributed by atoms with E-state index in [-0.39, 0.29) is 24.4 Å². The number of hydrogen-bond donors (Lipinski definition) is 2. The van der Waals surface area contributed by atoms with Crippen molar-refractivity contribution in [2.75, 3.05) is 24.9 Å². The van der Waals surface area contributed by atoms with Crippen LogP contribution in [0.5, 0.6) is 11.5 Å². The van der Waals surface area contributed by atoms with Crippen molar-refractivity contribution in [3.63, 3.8) is 0 Å². The van der Waals surface area contributed by atoms with Gasteiger partial charge in [-0.15, -0.1) is 0 Å². The number of methoxy groups -OCH3 is 2. The van der Waals surface area contributed by atoms with E-state index >= 15 is 0 Å². The summed E-state index contributed by atoms with van der Waals surface area (Å²) >= 11 is 0. The number of benzene rings is 2. The summed E-state index contributed by atoms with van der Waals surface area (Å²) < 4.78 is 10.9. The number of amides is 2. The number of nitrogens with one attached hydrogen (secondary N) is 2. The third-order valence-corrected chi connectivity index (χ3v) is 4.08. The average Bonchev–Trinajstić information content (AvgIpc) is 2.66. The van der Waals surface area contributed by atoms with Crippen LogP contribution >= 0.6 is 0 Å². The van der Waals surface area contributed by atoms with Gasteiger partial charge in [-0.1, -0.05) is 0 Å². The monoisotopic (exact) mass is 412 g/mol. The van der Waals surface area contributed by atoms with Crippen molar-refractivity contribution in [3.05, 3.63) is 36.4 Å². The molecule has 0 bridgehead atoms. The summed E-state index contributed by atoms with van der Waals surface area (Å²) in [5.41, 5.74) is 2.41. The highest BCUT2D eigenvalue weighted by atomic mass is 16.5. The van der Waals surface area contributed by atoms with E-state index < -0.39 is 11.8 Å². The number of hydrogen-bond acceptors (Lipinski definition) is 6. The Morgan fingerprint density at radius 1 is 0.700 bits per heavy atom. The largest absolute Gasteiger partial charge is 0.496 e. The first-order valence-electron chi connectivity index (χ1n) is 9.18. The molecule has 2 aromatic carbocycles. The van der Waals surface area contributed by atoms with Crippen LogP contribution in [-0.2, 0) is 19.2 Å². The fourth-order valence-electron chi connectivity index (χ4n) is 2.85. The summed E-state index contributed by atoms with van der Waals surface area (Å²) in [5.74, 6) is -0.279. The summed E-state index contributed by atoms with van der Waals surface area (Å²) in [6, 6.07) is 10.2. The van der Waals surface area contributed by atoms with Crippen LogP contribution in [0.3, 0.4) is 0 Å². The molecule has 0 unspecified atom stereocenters. The van der Waals surface area contributed by atoms with Gasteiger partial charge in [0.15, 0.2) is 0 Å². The standard InChI is InChI=1S/C22H24N2O6/c1-13(25)9-21(27)23-15-5-7-17(19(11-15)29-3)18-8-6-16(12-20(18)30-4)24-22(28)10-14(2)26/h5-8,11-12H,9-10H2,1-4H3,(H,23,27)(H,24,28). The number of anilines is 2. The van der Waals surface area contributed by atoms with Crippen LogP contribution in [0.4, 0.5) is 11.4 Å². The number of ether oxygens (including phenoxy) is 2. The molecule has 2 N–H and O–H groups in total. The second-order valence-electron chi connectivity index (χ2n) is 6.68. The molecule has 158 valence electrons. The summed E-state index contributed by atoms with van der Waals surface area (Å²) in [7, 11) is 3.01. The van der Waals surface area contributed by atoms with Gasteiger partial charge >= 0.3 is 0 Å². The molecule has 0 aromatic heterocycles. The molecule has 8 nitrogen and oxygen atoms in total. The van der Waals surface area contributed by atoms with Gasteiger partial charge in [0, 0.05) is 34.6 Å². The van der Waals surface area contributed by atoms with Gasteiger partial charge in [-0.3, -0.25) is 19.2 Å². The normalized spacial score (nSPS) is 10.1.